The first-order valence-electron chi connectivity index (χ1n) is 11.5. The number of aromatic nitrogens is 6. The molecule has 6 rings (SSSR count). The first kappa shape index (κ1) is 24.3. The van der Waals surface area contributed by atoms with Crippen LogP contribution in [0.2, 0.25) is 0 Å². The number of benzene rings is 3. The Balaban J connectivity index is 1.34. The molecule has 3 aromatic heterocycles. The molecule has 13 heteroatoms. The molecule has 0 aliphatic carbocycles. The Morgan fingerprint density at radius 3 is 1.54 bits per heavy atom. The van der Waals surface area contributed by atoms with Gasteiger partial charge in [0.1, 0.15) is 10.1 Å². The lowest BCUT2D eigenvalue weighted by Crippen LogP contribution is -1.99. The summed E-state index contributed by atoms with van der Waals surface area (Å²) in [6.45, 7) is 3.58. The van der Waals surface area contributed by atoms with Crippen LogP contribution in [0.1, 0.15) is 11.5 Å². The van der Waals surface area contributed by atoms with Gasteiger partial charge in [-0.15, -0.1) is 30.6 Å². The van der Waals surface area contributed by atoms with Crippen molar-refractivity contribution in [3.05, 3.63) is 78.2 Å². The third kappa shape index (κ3) is 4.95. The highest BCUT2D eigenvalue weighted by molar-refractivity contribution is 7.85. The Morgan fingerprint density at radius 2 is 1.03 bits per heavy atom. The zero-order valence-corrected chi connectivity index (χ0v) is 21.2. The van der Waals surface area contributed by atoms with Gasteiger partial charge in [-0.25, -0.2) is 8.42 Å². The minimum atomic E-state index is -4.81. The zero-order valence-electron chi connectivity index (χ0n) is 20.4. The van der Waals surface area contributed by atoms with E-state index in [2.05, 4.69) is 30.6 Å². The first-order chi connectivity index (χ1) is 18.7. The average molecular weight is 542 g/mol. The third-order valence-electron chi connectivity index (χ3n) is 5.72. The normalized spacial score (nSPS) is 11.7. The summed E-state index contributed by atoms with van der Waals surface area (Å²) in [7, 11) is -4.81. The largest absolute Gasteiger partial charge is 0.744 e. The summed E-state index contributed by atoms with van der Waals surface area (Å²) >= 11 is 0. The van der Waals surface area contributed by atoms with Gasteiger partial charge in [-0.1, -0.05) is 23.8 Å². The number of rotatable bonds is 6. The van der Waals surface area contributed by atoms with Crippen LogP contribution in [0.3, 0.4) is 0 Å². The van der Waals surface area contributed by atoms with Crippen LogP contribution in [0.15, 0.2) is 84.9 Å². The zero-order chi connectivity index (χ0) is 27.1. The lowest BCUT2D eigenvalue weighted by molar-refractivity contribution is 0.463. The van der Waals surface area contributed by atoms with E-state index in [9.17, 15) is 13.0 Å². The molecule has 0 radical (unpaired) electrons. The van der Waals surface area contributed by atoms with E-state index in [1.807, 2.05) is 31.2 Å². The number of hydrogen-bond donors (Lipinski definition) is 0. The molecule has 0 saturated heterocycles. The third-order valence-corrected chi connectivity index (χ3v) is 6.53. The fraction of sp³-hybridized carbons (Fsp3) is 0.0769. The van der Waals surface area contributed by atoms with Gasteiger partial charge in [0.25, 0.3) is 0 Å². The van der Waals surface area contributed by atoms with Crippen molar-refractivity contribution in [1.82, 2.24) is 30.6 Å². The predicted octanol–water partition coefficient (Wildman–Crippen LogP) is 4.69. The molecule has 3 heterocycles. The molecular weight excluding hydrogens is 524 g/mol. The van der Waals surface area contributed by atoms with Crippen molar-refractivity contribution < 1.29 is 26.2 Å². The Morgan fingerprint density at radius 1 is 0.564 bits per heavy atom. The van der Waals surface area contributed by atoms with Crippen molar-refractivity contribution in [3.8, 4) is 57.3 Å². The maximum Gasteiger partial charge on any atom is 0.248 e. The first-order valence-corrected chi connectivity index (χ1v) is 12.9. The van der Waals surface area contributed by atoms with Crippen molar-refractivity contribution in [3.63, 3.8) is 0 Å². The van der Waals surface area contributed by atoms with Crippen LogP contribution in [0, 0.1) is 13.8 Å². The number of aryl methyl sites for hydroxylation is 2. The van der Waals surface area contributed by atoms with E-state index in [1.54, 1.807) is 31.2 Å². The van der Waals surface area contributed by atoms with Gasteiger partial charge in [-0.05, 0) is 55.5 Å². The summed E-state index contributed by atoms with van der Waals surface area (Å²) < 4.78 is 52.5. The smallest absolute Gasteiger partial charge is 0.248 e. The van der Waals surface area contributed by atoms with Gasteiger partial charge >= 0.3 is 0 Å². The quantitative estimate of drug-likeness (QED) is 0.266. The molecule has 6 aromatic rings. The Bertz CT molecular complexity index is 1920. The molecule has 194 valence electrons. The molecule has 0 aliphatic heterocycles. The van der Waals surface area contributed by atoms with E-state index >= 15 is 0 Å². The Hall–Kier alpha value is -5.01. The van der Waals surface area contributed by atoms with Gasteiger partial charge in [0.2, 0.25) is 35.3 Å². The van der Waals surface area contributed by atoms with Crippen LogP contribution in [0.5, 0.6) is 0 Å². The summed E-state index contributed by atoms with van der Waals surface area (Å²) in [5.74, 6) is 1.13. The van der Waals surface area contributed by atoms with E-state index in [4.69, 9.17) is 13.3 Å². The molecule has 0 fully saturated rings. The van der Waals surface area contributed by atoms with Crippen molar-refractivity contribution in [2.45, 2.75) is 18.7 Å². The number of hydrogen-bond acceptors (Lipinski definition) is 12. The molecule has 0 N–H and O–H groups in total. The lowest BCUT2D eigenvalue weighted by atomic mass is 10.1. The minimum absolute atomic E-state index is 0.0159. The second-order valence-corrected chi connectivity index (χ2v) is 9.98. The predicted molar refractivity (Wildman–Crippen MR) is 135 cm³/mol. The van der Waals surface area contributed by atoms with Gasteiger partial charge in [0.05, 0.1) is 4.90 Å². The highest BCUT2D eigenvalue weighted by Gasteiger charge is 2.18. The van der Waals surface area contributed by atoms with Crippen molar-refractivity contribution in [2.75, 3.05) is 0 Å². The maximum atomic E-state index is 11.8. The van der Waals surface area contributed by atoms with Gasteiger partial charge in [0.15, 0.2) is 0 Å². The van der Waals surface area contributed by atoms with Crippen LogP contribution in [-0.2, 0) is 10.1 Å². The Kier molecular flexibility index (Phi) is 5.85. The number of nitrogens with zero attached hydrogens (tertiary/aromatic N) is 6. The highest BCUT2D eigenvalue weighted by atomic mass is 32.2. The summed E-state index contributed by atoms with van der Waals surface area (Å²) in [5.41, 5.74) is 3.51. The maximum absolute atomic E-state index is 11.8. The molecule has 0 aliphatic rings. The standard InChI is InChI=1S/C26H18N6O6S/c1-14-6-8-16(9-7-14)22-29-30-23(37-22)17-4-3-5-18(10-17)24-31-32-26(38-24)20-11-19(25-28-27-15(2)36-25)12-21(13-20)39(33,34)35/h3-13H,1-2H3,(H,33,34,35)/p-1. The van der Waals surface area contributed by atoms with Crippen LogP contribution >= 0.6 is 0 Å². The fourth-order valence-electron chi connectivity index (χ4n) is 3.80. The van der Waals surface area contributed by atoms with Gasteiger partial charge in [-0.3, -0.25) is 0 Å². The topological polar surface area (TPSA) is 174 Å². The van der Waals surface area contributed by atoms with Crippen LogP contribution in [-0.4, -0.2) is 43.6 Å². The fourth-order valence-corrected chi connectivity index (χ4v) is 4.34. The van der Waals surface area contributed by atoms with Gasteiger partial charge < -0.3 is 17.8 Å². The second-order valence-electron chi connectivity index (χ2n) is 8.60. The molecule has 0 bridgehead atoms. The highest BCUT2D eigenvalue weighted by Crippen LogP contribution is 2.32. The van der Waals surface area contributed by atoms with E-state index in [0.717, 1.165) is 23.3 Å². The van der Waals surface area contributed by atoms with Crippen molar-refractivity contribution in [1.29, 1.82) is 0 Å². The Labute approximate surface area is 221 Å². The molecule has 0 spiro atoms. The summed E-state index contributed by atoms with van der Waals surface area (Å²) in [6, 6.07) is 18.6. The molecule has 0 saturated carbocycles. The summed E-state index contributed by atoms with van der Waals surface area (Å²) in [4.78, 5) is -0.506. The molecule has 12 nitrogen and oxygen atoms in total. The molecule has 0 atom stereocenters. The molecular formula is C26H17N6O6S-. The van der Waals surface area contributed by atoms with E-state index in [-0.39, 0.29) is 34.7 Å². The van der Waals surface area contributed by atoms with Crippen LogP contribution < -0.4 is 0 Å². The van der Waals surface area contributed by atoms with Crippen molar-refractivity contribution in [2.24, 2.45) is 0 Å². The average Bonchev–Trinajstić information content (AvgIpc) is 3.70. The summed E-state index contributed by atoms with van der Waals surface area (Å²) in [5, 5.41) is 24.1. The van der Waals surface area contributed by atoms with Crippen LogP contribution in [0.4, 0.5) is 0 Å². The lowest BCUT2D eigenvalue weighted by Gasteiger charge is -2.09. The van der Waals surface area contributed by atoms with E-state index in [0.29, 0.717) is 22.9 Å². The molecule has 39 heavy (non-hydrogen) atoms. The van der Waals surface area contributed by atoms with E-state index in [1.165, 1.54) is 6.07 Å². The molecule has 0 unspecified atom stereocenters. The second kappa shape index (κ2) is 9.38. The summed E-state index contributed by atoms with van der Waals surface area (Å²) in [6.07, 6.45) is 0. The van der Waals surface area contributed by atoms with Crippen molar-refractivity contribution >= 4 is 10.1 Å². The monoisotopic (exact) mass is 541 g/mol. The molecule has 0 amide bonds. The van der Waals surface area contributed by atoms with E-state index < -0.39 is 15.0 Å². The molecule has 3 aromatic carbocycles. The van der Waals surface area contributed by atoms with Crippen LogP contribution in [0.25, 0.3) is 57.3 Å². The SMILES string of the molecule is Cc1ccc(-c2nnc(-c3cccc(-c4nnc(-c5cc(-c6nnc(C)o6)cc(S(=O)(=O)[O-])c5)o4)c3)o2)cc1. The van der Waals surface area contributed by atoms with Gasteiger partial charge in [-0.2, -0.15) is 0 Å². The minimum Gasteiger partial charge on any atom is -0.744 e. The van der Waals surface area contributed by atoms with Gasteiger partial charge in [0, 0.05) is 34.7 Å².